The van der Waals surface area contributed by atoms with Crippen LogP contribution >= 0.6 is 0 Å². The molecule has 2 N–H and O–H groups in total. The van der Waals surface area contributed by atoms with Crippen LogP contribution in [0, 0.1) is 24.2 Å². The molecule has 5 atom stereocenters. The van der Waals surface area contributed by atoms with Crippen molar-refractivity contribution in [3.63, 3.8) is 0 Å². The number of benzene rings is 1. The highest BCUT2D eigenvalue weighted by Crippen LogP contribution is 2.62. The maximum Gasteiger partial charge on any atom is 0.115 e. The third-order valence-corrected chi connectivity index (χ3v) is 8.23. The van der Waals surface area contributed by atoms with Crippen LogP contribution in [0.5, 0.6) is 5.75 Å². The van der Waals surface area contributed by atoms with E-state index in [4.69, 9.17) is 0 Å². The number of rotatable bonds is 2. The Morgan fingerprint density at radius 3 is 2.90 bits per heavy atom. The third kappa shape index (κ3) is 2.87. The number of aromatic nitrogens is 2. The Hall–Kier alpha value is -2.07. The van der Waals surface area contributed by atoms with Crippen LogP contribution in [-0.2, 0) is 13.0 Å². The quantitative estimate of drug-likeness (QED) is 0.770. The van der Waals surface area contributed by atoms with E-state index >= 15 is 0 Å². The summed E-state index contributed by atoms with van der Waals surface area (Å²) in [4.78, 5) is 0. The Kier molecular flexibility index (Phi) is 4.39. The minimum Gasteiger partial charge on any atom is -0.508 e. The van der Waals surface area contributed by atoms with Crippen LogP contribution in [0.25, 0.3) is 6.08 Å². The van der Waals surface area contributed by atoms with E-state index in [1.807, 2.05) is 16.8 Å². The molecule has 0 bridgehead atoms. The van der Waals surface area contributed by atoms with Gasteiger partial charge >= 0.3 is 0 Å². The lowest BCUT2D eigenvalue weighted by Gasteiger charge is -2.49. The number of hydrogen-bond donors (Lipinski definition) is 2. The Balaban J connectivity index is 1.48. The third-order valence-electron chi connectivity index (χ3n) is 8.23. The van der Waals surface area contributed by atoms with Gasteiger partial charge in [-0.05, 0) is 98.6 Å². The van der Waals surface area contributed by atoms with Crippen molar-refractivity contribution in [3.05, 3.63) is 52.4 Å². The molecule has 154 valence electrons. The van der Waals surface area contributed by atoms with Crippen LogP contribution in [0.15, 0.2) is 30.0 Å². The van der Waals surface area contributed by atoms with E-state index in [9.17, 15) is 10.2 Å². The molecule has 2 saturated carbocycles. The predicted octanol–water partition coefficient (Wildman–Crippen LogP) is 4.83. The molecule has 29 heavy (non-hydrogen) atoms. The minimum atomic E-state index is -0.362. The summed E-state index contributed by atoms with van der Waals surface area (Å²) < 4.78 is 1.97. The van der Waals surface area contributed by atoms with Gasteiger partial charge in [0.1, 0.15) is 5.75 Å². The van der Waals surface area contributed by atoms with Gasteiger partial charge in [-0.15, -0.1) is 0 Å². The molecule has 1 aromatic heterocycles. The second-order valence-corrected chi connectivity index (χ2v) is 9.69. The normalized spacial score (nSPS) is 34.7. The maximum atomic E-state index is 11.4. The van der Waals surface area contributed by atoms with Crippen LogP contribution in [0.3, 0.4) is 0 Å². The lowest BCUT2D eigenvalue weighted by Crippen LogP contribution is -2.44. The molecule has 1 heterocycles. The SMILES string of the molecule is CCn1cc(/C=C2\C[C@H]3[C@@H]4CCc5cc(O)ccc5[C@@H]4CC[C@]3(C)[C@@H]2O)c(C)n1. The monoisotopic (exact) mass is 392 g/mol. The summed E-state index contributed by atoms with van der Waals surface area (Å²) in [7, 11) is 0. The number of aryl methyl sites for hydroxylation is 3. The summed E-state index contributed by atoms with van der Waals surface area (Å²) >= 11 is 0. The van der Waals surface area contributed by atoms with Gasteiger partial charge in [-0.1, -0.05) is 13.0 Å². The molecule has 0 aliphatic heterocycles. The number of phenolic OH excluding ortho intramolecular Hbond substituents is 1. The number of hydrogen-bond acceptors (Lipinski definition) is 3. The standard InChI is InChI=1S/C25H32N2O2/c1-4-27-14-18(15(2)26-27)11-17-13-23-22-7-5-16-12-19(28)6-8-20(16)21(22)9-10-25(23,3)24(17)29/h6,8,11-12,14,21-24,28-29H,4-5,7,9-10,13H2,1-3H3/b17-11+/t21-,22+,23-,24+,25-/m0/s1. The van der Waals surface area contributed by atoms with Crippen molar-refractivity contribution in [1.29, 1.82) is 0 Å². The molecule has 1 aromatic carbocycles. The first-order chi connectivity index (χ1) is 13.9. The zero-order valence-electron chi connectivity index (χ0n) is 17.7. The summed E-state index contributed by atoms with van der Waals surface area (Å²) in [5.41, 5.74) is 6.10. The van der Waals surface area contributed by atoms with E-state index in [0.717, 1.165) is 49.9 Å². The predicted molar refractivity (Wildman–Crippen MR) is 115 cm³/mol. The van der Waals surface area contributed by atoms with Gasteiger partial charge < -0.3 is 10.2 Å². The van der Waals surface area contributed by atoms with Crippen LogP contribution < -0.4 is 0 Å². The van der Waals surface area contributed by atoms with Crippen molar-refractivity contribution < 1.29 is 10.2 Å². The Labute approximate surface area is 173 Å². The van der Waals surface area contributed by atoms with Gasteiger partial charge in [0, 0.05) is 23.7 Å². The summed E-state index contributed by atoms with van der Waals surface area (Å²) in [5.74, 6) is 2.08. The molecule has 4 heteroatoms. The van der Waals surface area contributed by atoms with E-state index in [-0.39, 0.29) is 11.5 Å². The number of phenols is 1. The fraction of sp³-hybridized carbons (Fsp3) is 0.560. The summed E-state index contributed by atoms with van der Waals surface area (Å²) in [6.07, 6.45) is 9.33. The largest absolute Gasteiger partial charge is 0.508 e. The first kappa shape index (κ1) is 18.9. The van der Waals surface area contributed by atoms with Crippen molar-refractivity contribution in [1.82, 2.24) is 9.78 Å². The van der Waals surface area contributed by atoms with Gasteiger partial charge in [0.25, 0.3) is 0 Å². The fourth-order valence-corrected chi connectivity index (χ4v) is 6.60. The number of fused-ring (bicyclic) bond motifs is 5. The average molecular weight is 393 g/mol. The molecular formula is C25H32N2O2. The minimum absolute atomic E-state index is 0.0317. The first-order valence-electron chi connectivity index (χ1n) is 11.1. The zero-order valence-corrected chi connectivity index (χ0v) is 17.7. The summed E-state index contributed by atoms with van der Waals surface area (Å²) in [6.45, 7) is 7.34. The van der Waals surface area contributed by atoms with Gasteiger partial charge in [0.2, 0.25) is 0 Å². The van der Waals surface area contributed by atoms with Crippen molar-refractivity contribution in [2.45, 2.75) is 71.4 Å². The molecule has 2 fully saturated rings. The van der Waals surface area contributed by atoms with Crippen LogP contribution in [0.2, 0.25) is 0 Å². The lowest BCUT2D eigenvalue weighted by atomic mass is 9.55. The van der Waals surface area contributed by atoms with E-state index in [2.05, 4.69) is 44.2 Å². The molecule has 3 aliphatic carbocycles. The number of aliphatic hydroxyl groups is 1. The molecular weight excluding hydrogens is 360 g/mol. The molecule has 0 saturated heterocycles. The second-order valence-electron chi connectivity index (χ2n) is 9.69. The Bertz CT molecular complexity index is 975. The summed E-state index contributed by atoms with van der Waals surface area (Å²) in [6, 6.07) is 5.95. The fourth-order valence-electron chi connectivity index (χ4n) is 6.60. The zero-order chi connectivity index (χ0) is 20.3. The van der Waals surface area contributed by atoms with Crippen LogP contribution in [0.1, 0.15) is 67.8 Å². The second kappa shape index (κ2) is 6.73. The summed E-state index contributed by atoms with van der Waals surface area (Å²) in [5, 5.41) is 25.8. The molecule has 2 aromatic rings. The van der Waals surface area contributed by atoms with E-state index in [0.29, 0.717) is 23.5 Å². The van der Waals surface area contributed by atoms with Crippen LogP contribution in [-0.4, -0.2) is 26.1 Å². The lowest BCUT2D eigenvalue weighted by molar-refractivity contribution is -0.0158. The Morgan fingerprint density at radius 2 is 2.14 bits per heavy atom. The smallest absolute Gasteiger partial charge is 0.115 e. The first-order valence-corrected chi connectivity index (χ1v) is 11.1. The average Bonchev–Trinajstić information content (AvgIpc) is 3.19. The highest BCUT2D eigenvalue weighted by Gasteiger charge is 2.56. The molecule has 0 amide bonds. The van der Waals surface area contributed by atoms with Crippen molar-refractivity contribution in [2.75, 3.05) is 0 Å². The van der Waals surface area contributed by atoms with Gasteiger partial charge in [-0.3, -0.25) is 4.68 Å². The van der Waals surface area contributed by atoms with Crippen molar-refractivity contribution in [2.24, 2.45) is 17.3 Å². The van der Waals surface area contributed by atoms with Crippen LogP contribution in [0.4, 0.5) is 0 Å². The topological polar surface area (TPSA) is 58.3 Å². The maximum absolute atomic E-state index is 11.4. The van der Waals surface area contributed by atoms with Gasteiger partial charge in [0.05, 0.1) is 11.8 Å². The van der Waals surface area contributed by atoms with Gasteiger partial charge in [-0.2, -0.15) is 5.10 Å². The molecule has 3 aliphatic rings. The van der Waals surface area contributed by atoms with E-state index in [1.165, 1.54) is 16.7 Å². The molecule has 5 rings (SSSR count). The number of aromatic hydroxyl groups is 1. The van der Waals surface area contributed by atoms with Gasteiger partial charge in [-0.25, -0.2) is 0 Å². The highest BCUT2D eigenvalue weighted by molar-refractivity contribution is 5.57. The molecule has 0 radical (unpaired) electrons. The molecule has 0 spiro atoms. The molecule has 0 unspecified atom stereocenters. The Morgan fingerprint density at radius 1 is 1.31 bits per heavy atom. The van der Waals surface area contributed by atoms with E-state index in [1.54, 1.807) is 0 Å². The van der Waals surface area contributed by atoms with E-state index < -0.39 is 0 Å². The highest BCUT2D eigenvalue weighted by atomic mass is 16.3. The van der Waals surface area contributed by atoms with Crippen molar-refractivity contribution in [3.8, 4) is 5.75 Å². The number of aliphatic hydroxyl groups excluding tert-OH is 1. The van der Waals surface area contributed by atoms with Gasteiger partial charge in [0.15, 0.2) is 0 Å². The van der Waals surface area contributed by atoms with Crippen molar-refractivity contribution >= 4 is 6.08 Å². The number of nitrogens with zero attached hydrogens (tertiary/aromatic N) is 2. The molecule has 4 nitrogen and oxygen atoms in total.